The SMILES string of the molecule is CC(C)(C)C(N)C(=O)N1CCCC1c1ccc(Cl)c(Cl)c1. The molecule has 1 heterocycles. The average Bonchev–Trinajstić information content (AvgIpc) is 2.88. The van der Waals surface area contributed by atoms with Crippen LogP contribution in [0.15, 0.2) is 18.2 Å². The van der Waals surface area contributed by atoms with Gasteiger partial charge in [0.15, 0.2) is 0 Å². The number of carbonyl (C=O) groups is 1. The van der Waals surface area contributed by atoms with E-state index in [1.807, 2.05) is 37.8 Å². The number of likely N-dealkylation sites (tertiary alicyclic amines) is 1. The number of amides is 1. The Balaban J connectivity index is 2.24. The average molecular weight is 329 g/mol. The number of hydrogen-bond acceptors (Lipinski definition) is 2. The Morgan fingerprint density at radius 2 is 2.00 bits per heavy atom. The van der Waals surface area contributed by atoms with Crippen LogP contribution >= 0.6 is 23.2 Å². The Morgan fingerprint density at radius 3 is 2.57 bits per heavy atom. The third-order valence-corrected chi connectivity index (χ3v) is 4.80. The van der Waals surface area contributed by atoms with Crippen LogP contribution in [0, 0.1) is 5.41 Å². The van der Waals surface area contributed by atoms with Gasteiger partial charge in [-0.1, -0.05) is 50.0 Å². The Morgan fingerprint density at radius 1 is 1.33 bits per heavy atom. The van der Waals surface area contributed by atoms with Crippen LogP contribution in [0.4, 0.5) is 0 Å². The third-order valence-electron chi connectivity index (χ3n) is 4.06. The fraction of sp³-hybridized carbons (Fsp3) is 0.562. The summed E-state index contributed by atoms with van der Waals surface area (Å²) >= 11 is 12.1. The molecule has 0 bridgehead atoms. The van der Waals surface area contributed by atoms with E-state index in [4.69, 9.17) is 28.9 Å². The van der Waals surface area contributed by atoms with Crippen molar-refractivity contribution in [1.82, 2.24) is 4.90 Å². The van der Waals surface area contributed by atoms with E-state index < -0.39 is 6.04 Å². The van der Waals surface area contributed by atoms with Crippen molar-refractivity contribution in [1.29, 1.82) is 0 Å². The Hall–Kier alpha value is -0.770. The molecule has 1 aromatic rings. The van der Waals surface area contributed by atoms with E-state index in [0.29, 0.717) is 10.0 Å². The summed E-state index contributed by atoms with van der Waals surface area (Å²) in [6.07, 6.45) is 1.91. The van der Waals surface area contributed by atoms with Gasteiger partial charge in [0.25, 0.3) is 0 Å². The molecule has 116 valence electrons. The van der Waals surface area contributed by atoms with Crippen molar-refractivity contribution in [2.45, 2.75) is 45.7 Å². The van der Waals surface area contributed by atoms with Crippen LogP contribution in [0.1, 0.15) is 45.2 Å². The quantitative estimate of drug-likeness (QED) is 0.890. The van der Waals surface area contributed by atoms with Gasteiger partial charge in [0.1, 0.15) is 0 Å². The van der Waals surface area contributed by atoms with Gasteiger partial charge in [-0.25, -0.2) is 0 Å². The summed E-state index contributed by atoms with van der Waals surface area (Å²) in [5.41, 5.74) is 6.91. The highest BCUT2D eigenvalue weighted by atomic mass is 35.5. The lowest BCUT2D eigenvalue weighted by Crippen LogP contribution is -2.50. The monoisotopic (exact) mass is 328 g/mol. The number of benzene rings is 1. The molecule has 1 amide bonds. The van der Waals surface area contributed by atoms with Crippen molar-refractivity contribution in [3.05, 3.63) is 33.8 Å². The third kappa shape index (κ3) is 3.53. The van der Waals surface area contributed by atoms with Crippen LogP contribution in [0.3, 0.4) is 0 Å². The van der Waals surface area contributed by atoms with E-state index in [-0.39, 0.29) is 17.4 Å². The molecular weight excluding hydrogens is 307 g/mol. The molecule has 1 aliphatic rings. The Labute approximate surface area is 136 Å². The van der Waals surface area contributed by atoms with Crippen molar-refractivity contribution < 1.29 is 4.79 Å². The number of carbonyl (C=O) groups excluding carboxylic acids is 1. The molecule has 1 saturated heterocycles. The fourth-order valence-electron chi connectivity index (χ4n) is 2.65. The van der Waals surface area contributed by atoms with Gasteiger partial charge in [-0.05, 0) is 36.0 Å². The van der Waals surface area contributed by atoms with Crippen molar-refractivity contribution in [2.24, 2.45) is 11.1 Å². The summed E-state index contributed by atoms with van der Waals surface area (Å²) in [4.78, 5) is 14.6. The van der Waals surface area contributed by atoms with Gasteiger partial charge in [-0.2, -0.15) is 0 Å². The Bertz CT molecular complexity index is 540. The minimum Gasteiger partial charge on any atom is -0.334 e. The van der Waals surface area contributed by atoms with Crippen LogP contribution in [0.2, 0.25) is 10.0 Å². The molecule has 0 radical (unpaired) electrons. The van der Waals surface area contributed by atoms with E-state index in [0.717, 1.165) is 24.9 Å². The zero-order valence-corrected chi connectivity index (χ0v) is 14.2. The van der Waals surface area contributed by atoms with Gasteiger partial charge < -0.3 is 10.6 Å². The molecule has 1 aliphatic heterocycles. The number of hydrogen-bond donors (Lipinski definition) is 1. The zero-order chi connectivity index (χ0) is 15.8. The topological polar surface area (TPSA) is 46.3 Å². The van der Waals surface area contributed by atoms with Crippen LogP contribution in [0.25, 0.3) is 0 Å². The van der Waals surface area contributed by atoms with Crippen LogP contribution in [0.5, 0.6) is 0 Å². The molecule has 5 heteroatoms. The molecule has 3 nitrogen and oxygen atoms in total. The fourth-order valence-corrected chi connectivity index (χ4v) is 2.95. The minimum absolute atomic E-state index is 0.0103. The molecule has 2 rings (SSSR count). The van der Waals surface area contributed by atoms with Gasteiger partial charge in [0.05, 0.1) is 22.1 Å². The first kappa shape index (κ1) is 16.6. The minimum atomic E-state index is -0.499. The van der Waals surface area contributed by atoms with Gasteiger partial charge in [0, 0.05) is 6.54 Å². The maximum atomic E-state index is 12.7. The first-order valence-corrected chi connectivity index (χ1v) is 7.98. The second-order valence-corrected chi connectivity index (χ2v) is 7.52. The van der Waals surface area contributed by atoms with Crippen molar-refractivity contribution in [3.8, 4) is 0 Å². The highest BCUT2D eigenvalue weighted by molar-refractivity contribution is 6.42. The lowest BCUT2D eigenvalue weighted by atomic mass is 9.86. The van der Waals surface area contributed by atoms with E-state index in [1.54, 1.807) is 6.07 Å². The number of rotatable bonds is 2. The maximum absolute atomic E-state index is 12.7. The predicted octanol–water partition coefficient (Wildman–Crippen LogP) is 4.03. The molecule has 21 heavy (non-hydrogen) atoms. The summed E-state index contributed by atoms with van der Waals surface area (Å²) in [6, 6.07) is 5.11. The summed E-state index contributed by atoms with van der Waals surface area (Å²) in [5.74, 6) is 0.0103. The van der Waals surface area contributed by atoms with Crippen molar-refractivity contribution in [2.75, 3.05) is 6.54 Å². The molecule has 2 atom stereocenters. The summed E-state index contributed by atoms with van der Waals surface area (Å²) in [6.45, 7) is 6.70. The smallest absolute Gasteiger partial charge is 0.240 e. The predicted molar refractivity (Wildman–Crippen MR) is 87.6 cm³/mol. The Kier molecular flexibility index (Phi) is 4.86. The lowest BCUT2D eigenvalue weighted by Gasteiger charge is -2.33. The van der Waals surface area contributed by atoms with Crippen molar-refractivity contribution >= 4 is 29.1 Å². The van der Waals surface area contributed by atoms with Gasteiger partial charge in [-0.15, -0.1) is 0 Å². The molecule has 0 spiro atoms. The molecule has 2 N–H and O–H groups in total. The second kappa shape index (κ2) is 6.15. The summed E-state index contributed by atoms with van der Waals surface area (Å²) < 4.78 is 0. The van der Waals surface area contributed by atoms with Crippen LogP contribution in [-0.4, -0.2) is 23.4 Å². The van der Waals surface area contributed by atoms with Crippen LogP contribution < -0.4 is 5.73 Å². The van der Waals surface area contributed by atoms with E-state index >= 15 is 0 Å². The first-order chi connectivity index (χ1) is 9.71. The van der Waals surface area contributed by atoms with E-state index in [1.165, 1.54) is 0 Å². The van der Waals surface area contributed by atoms with Gasteiger partial charge in [-0.3, -0.25) is 4.79 Å². The molecule has 0 saturated carbocycles. The van der Waals surface area contributed by atoms with E-state index in [2.05, 4.69) is 0 Å². The molecule has 0 aliphatic carbocycles. The van der Waals surface area contributed by atoms with Crippen molar-refractivity contribution in [3.63, 3.8) is 0 Å². The molecule has 2 unspecified atom stereocenters. The lowest BCUT2D eigenvalue weighted by molar-refractivity contribution is -0.135. The van der Waals surface area contributed by atoms with E-state index in [9.17, 15) is 4.79 Å². The number of nitrogens with zero attached hydrogens (tertiary/aromatic N) is 1. The summed E-state index contributed by atoms with van der Waals surface area (Å²) in [5, 5.41) is 1.05. The molecule has 0 aromatic heterocycles. The molecular formula is C16H22Cl2N2O. The number of nitrogens with two attached hydrogens (primary N) is 1. The molecule has 1 fully saturated rings. The normalized spacial score (nSPS) is 20.7. The van der Waals surface area contributed by atoms with Gasteiger partial charge in [0.2, 0.25) is 5.91 Å². The first-order valence-electron chi connectivity index (χ1n) is 7.23. The van der Waals surface area contributed by atoms with Crippen LogP contribution in [-0.2, 0) is 4.79 Å². The standard InChI is InChI=1S/C16H22Cl2N2O/c1-16(2,3)14(19)15(21)20-8-4-5-13(20)10-6-7-11(17)12(18)9-10/h6-7,9,13-14H,4-5,8,19H2,1-3H3. The largest absolute Gasteiger partial charge is 0.334 e. The highest BCUT2D eigenvalue weighted by Gasteiger charge is 2.37. The maximum Gasteiger partial charge on any atom is 0.240 e. The molecule has 1 aromatic carbocycles. The highest BCUT2D eigenvalue weighted by Crippen LogP contribution is 2.36. The second-order valence-electron chi connectivity index (χ2n) is 6.71. The summed E-state index contributed by atoms with van der Waals surface area (Å²) in [7, 11) is 0. The zero-order valence-electron chi connectivity index (χ0n) is 12.7. The van der Waals surface area contributed by atoms with Gasteiger partial charge >= 0.3 is 0 Å². The number of halogens is 2.